The van der Waals surface area contributed by atoms with Crippen LogP contribution in [0.15, 0.2) is 0 Å². The van der Waals surface area contributed by atoms with Crippen LogP contribution in [-0.2, 0) is 4.79 Å². The lowest BCUT2D eigenvalue weighted by molar-refractivity contribution is -0.139. The van der Waals surface area contributed by atoms with Crippen LogP contribution in [0.2, 0.25) is 0 Å². The number of carboxylic acid groups (broad SMARTS) is 1. The molecule has 0 bridgehead atoms. The topological polar surface area (TPSA) is 57.5 Å². The summed E-state index contributed by atoms with van der Waals surface area (Å²) in [7, 11) is 0. The predicted molar refractivity (Wildman–Crippen MR) is 102 cm³/mol. The van der Waals surface area contributed by atoms with E-state index in [1.54, 1.807) is 0 Å². The summed E-state index contributed by atoms with van der Waals surface area (Å²) in [5.74, 6) is 1.58. The van der Waals surface area contributed by atoms with Gasteiger partial charge in [-0.25, -0.2) is 0 Å². The first-order valence-corrected chi connectivity index (χ1v) is 10.1. The van der Waals surface area contributed by atoms with E-state index in [9.17, 15) is 9.90 Å². The summed E-state index contributed by atoms with van der Waals surface area (Å²) in [6.07, 6.45) is 10.4. The average molecular weight is 343 g/mol. The summed E-state index contributed by atoms with van der Waals surface area (Å²) in [6.45, 7) is 11.3. The number of carboxylic acids is 1. The van der Waals surface area contributed by atoms with Crippen molar-refractivity contribution in [2.75, 3.05) is 0 Å². The van der Waals surface area contributed by atoms with Crippen molar-refractivity contribution in [3.8, 4) is 0 Å². The van der Waals surface area contributed by atoms with Crippen molar-refractivity contribution in [2.45, 2.75) is 105 Å². The van der Waals surface area contributed by atoms with E-state index >= 15 is 0 Å². The van der Waals surface area contributed by atoms with Crippen molar-refractivity contribution < 1.29 is 15.0 Å². The van der Waals surface area contributed by atoms with Gasteiger partial charge in [-0.3, -0.25) is 4.79 Å². The highest BCUT2D eigenvalue weighted by Gasteiger charge is 2.17. The van der Waals surface area contributed by atoms with Crippen LogP contribution in [0.3, 0.4) is 0 Å². The van der Waals surface area contributed by atoms with Gasteiger partial charge >= 0.3 is 5.97 Å². The maximum absolute atomic E-state index is 10.6. The molecule has 0 unspecified atom stereocenters. The van der Waals surface area contributed by atoms with Crippen molar-refractivity contribution in [1.29, 1.82) is 0 Å². The molecule has 0 radical (unpaired) electrons. The highest BCUT2D eigenvalue weighted by Crippen LogP contribution is 2.23. The van der Waals surface area contributed by atoms with E-state index in [0.717, 1.165) is 30.6 Å². The molecule has 144 valence electrons. The summed E-state index contributed by atoms with van der Waals surface area (Å²) in [6, 6.07) is 0. The second kappa shape index (κ2) is 13.7. The van der Waals surface area contributed by atoms with E-state index in [0.29, 0.717) is 0 Å². The fourth-order valence-electron chi connectivity index (χ4n) is 3.34. The molecule has 2 N–H and O–H groups in total. The Morgan fingerprint density at radius 1 is 0.750 bits per heavy atom. The first kappa shape index (κ1) is 23.4. The van der Waals surface area contributed by atoms with Crippen LogP contribution in [0.4, 0.5) is 0 Å². The molecule has 4 atom stereocenters. The van der Waals surface area contributed by atoms with Crippen LogP contribution >= 0.6 is 0 Å². The van der Waals surface area contributed by atoms with Crippen molar-refractivity contribution >= 4 is 5.97 Å². The molecular formula is C21H42O3. The number of aliphatic hydroxyl groups is 1. The lowest BCUT2D eigenvalue weighted by Crippen LogP contribution is -2.21. The van der Waals surface area contributed by atoms with Gasteiger partial charge in [0.2, 0.25) is 0 Å². The molecule has 0 fully saturated rings. The Morgan fingerprint density at radius 3 is 1.58 bits per heavy atom. The SMILES string of the molecule is CC(C)CCC[C@H](C)CCC[C@H](C)CCC[C@H](C)[C@H](O)CC(=O)O. The minimum Gasteiger partial charge on any atom is -0.481 e. The van der Waals surface area contributed by atoms with E-state index in [-0.39, 0.29) is 12.3 Å². The monoisotopic (exact) mass is 342 g/mol. The summed E-state index contributed by atoms with van der Waals surface area (Å²) in [4.78, 5) is 10.6. The number of rotatable bonds is 15. The average Bonchev–Trinajstić information content (AvgIpc) is 2.45. The van der Waals surface area contributed by atoms with Crippen molar-refractivity contribution in [3.63, 3.8) is 0 Å². The Kier molecular flexibility index (Phi) is 13.4. The molecular weight excluding hydrogens is 300 g/mol. The van der Waals surface area contributed by atoms with E-state index in [1.165, 1.54) is 44.9 Å². The zero-order valence-corrected chi connectivity index (χ0v) is 16.8. The van der Waals surface area contributed by atoms with Gasteiger partial charge in [0, 0.05) is 0 Å². The first-order chi connectivity index (χ1) is 11.2. The number of aliphatic hydroxyl groups excluding tert-OH is 1. The molecule has 0 heterocycles. The number of hydrogen-bond donors (Lipinski definition) is 2. The quantitative estimate of drug-likeness (QED) is 0.390. The molecule has 0 amide bonds. The maximum Gasteiger partial charge on any atom is 0.305 e. The molecule has 0 spiro atoms. The van der Waals surface area contributed by atoms with E-state index in [2.05, 4.69) is 27.7 Å². The minimum absolute atomic E-state index is 0.0780. The van der Waals surface area contributed by atoms with Gasteiger partial charge in [-0.05, 0) is 30.1 Å². The van der Waals surface area contributed by atoms with Gasteiger partial charge in [0.25, 0.3) is 0 Å². The van der Waals surface area contributed by atoms with Crippen LogP contribution in [0.25, 0.3) is 0 Å². The number of aliphatic carboxylic acids is 1. The molecule has 0 aliphatic rings. The molecule has 0 aliphatic carbocycles. The van der Waals surface area contributed by atoms with Gasteiger partial charge in [-0.2, -0.15) is 0 Å². The Balaban J connectivity index is 3.65. The van der Waals surface area contributed by atoms with Crippen molar-refractivity contribution in [1.82, 2.24) is 0 Å². The van der Waals surface area contributed by atoms with Gasteiger partial charge in [0.15, 0.2) is 0 Å². The Labute approximate surface area is 150 Å². The molecule has 0 aromatic carbocycles. The third kappa shape index (κ3) is 13.8. The minimum atomic E-state index is -0.912. The standard InChI is InChI=1S/C21H42O3/c1-16(2)9-6-10-17(3)11-7-12-18(4)13-8-14-19(5)20(22)15-21(23)24/h16-20,22H,6-15H2,1-5H3,(H,23,24)/t17-,18-,19-,20+/m0/s1. The van der Waals surface area contributed by atoms with Gasteiger partial charge in [0.05, 0.1) is 12.5 Å². The highest BCUT2D eigenvalue weighted by molar-refractivity contribution is 5.67. The summed E-state index contributed by atoms with van der Waals surface area (Å²) < 4.78 is 0. The Morgan fingerprint density at radius 2 is 1.17 bits per heavy atom. The van der Waals surface area contributed by atoms with Crippen LogP contribution in [0.5, 0.6) is 0 Å². The normalized spacial score (nSPS) is 16.8. The third-order valence-electron chi connectivity index (χ3n) is 5.27. The number of carbonyl (C=O) groups is 1. The molecule has 0 aliphatic heterocycles. The molecule has 0 saturated carbocycles. The summed E-state index contributed by atoms with van der Waals surface area (Å²) in [5.41, 5.74) is 0. The Hall–Kier alpha value is -0.570. The molecule has 24 heavy (non-hydrogen) atoms. The molecule has 0 rings (SSSR count). The van der Waals surface area contributed by atoms with Gasteiger partial charge in [0.1, 0.15) is 0 Å². The van der Waals surface area contributed by atoms with Gasteiger partial charge in [-0.1, -0.05) is 86.0 Å². The largest absolute Gasteiger partial charge is 0.481 e. The Bertz CT molecular complexity index is 314. The third-order valence-corrected chi connectivity index (χ3v) is 5.27. The lowest BCUT2D eigenvalue weighted by Gasteiger charge is -2.18. The predicted octanol–water partition coefficient (Wildman–Crippen LogP) is 5.90. The van der Waals surface area contributed by atoms with E-state index in [1.807, 2.05) is 6.92 Å². The van der Waals surface area contributed by atoms with Crippen molar-refractivity contribution in [3.05, 3.63) is 0 Å². The van der Waals surface area contributed by atoms with Gasteiger partial charge < -0.3 is 10.2 Å². The maximum atomic E-state index is 10.6. The molecule has 0 aromatic rings. The van der Waals surface area contributed by atoms with Crippen LogP contribution in [-0.4, -0.2) is 22.3 Å². The second-order valence-corrected chi connectivity index (χ2v) is 8.54. The lowest BCUT2D eigenvalue weighted by atomic mass is 9.90. The smallest absolute Gasteiger partial charge is 0.305 e. The summed E-state index contributed by atoms with van der Waals surface area (Å²) in [5, 5.41) is 18.5. The van der Waals surface area contributed by atoms with E-state index < -0.39 is 12.1 Å². The van der Waals surface area contributed by atoms with Crippen molar-refractivity contribution in [2.24, 2.45) is 23.7 Å². The summed E-state index contributed by atoms with van der Waals surface area (Å²) >= 11 is 0. The fraction of sp³-hybridized carbons (Fsp3) is 0.952. The molecule has 0 saturated heterocycles. The van der Waals surface area contributed by atoms with Crippen LogP contribution < -0.4 is 0 Å². The first-order valence-electron chi connectivity index (χ1n) is 10.1. The van der Waals surface area contributed by atoms with Crippen LogP contribution in [0, 0.1) is 23.7 Å². The molecule has 0 aromatic heterocycles. The second-order valence-electron chi connectivity index (χ2n) is 8.54. The molecule has 3 nitrogen and oxygen atoms in total. The zero-order valence-electron chi connectivity index (χ0n) is 16.8. The molecule has 3 heteroatoms. The zero-order chi connectivity index (χ0) is 18.5. The fourth-order valence-corrected chi connectivity index (χ4v) is 3.34. The van der Waals surface area contributed by atoms with Crippen LogP contribution in [0.1, 0.15) is 98.8 Å². The van der Waals surface area contributed by atoms with Gasteiger partial charge in [-0.15, -0.1) is 0 Å². The van der Waals surface area contributed by atoms with E-state index in [4.69, 9.17) is 5.11 Å². The highest BCUT2D eigenvalue weighted by atomic mass is 16.4. The number of hydrogen-bond acceptors (Lipinski definition) is 2.